The molecule has 1 fully saturated rings. The minimum Gasteiger partial charge on any atom is -0.394 e. The lowest BCUT2D eigenvalue weighted by atomic mass is 9.97. The maximum Gasteiger partial charge on any atom is 0.0610 e. The van der Waals surface area contributed by atoms with E-state index < -0.39 is 0 Å². The van der Waals surface area contributed by atoms with E-state index in [0.29, 0.717) is 0 Å². The summed E-state index contributed by atoms with van der Waals surface area (Å²) in [4.78, 5) is 0. The minimum atomic E-state index is 0.0133. The van der Waals surface area contributed by atoms with Gasteiger partial charge in [-0.05, 0) is 25.8 Å². The van der Waals surface area contributed by atoms with E-state index in [2.05, 4.69) is 19.2 Å². The van der Waals surface area contributed by atoms with Gasteiger partial charge in [-0.1, -0.05) is 6.92 Å². The Hall–Kier alpha value is -0.0800. The van der Waals surface area contributed by atoms with E-state index in [9.17, 15) is 0 Å². The average molecular weight is 129 g/mol. The van der Waals surface area contributed by atoms with Crippen LogP contribution in [0.15, 0.2) is 0 Å². The molecule has 2 atom stereocenters. The summed E-state index contributed by atoms with van der Waals surface area (Å²) >= 11 is 0. The van der Waals surface area contributed by atoms with Crippen LogP contribution in [-0.4, -0.2) is 23.8 Å². The molecule has 0 bridgehead atoms. The molecular weight excluding hydrogens is 114 g/mol. The van der Waals surface area contributed by atoms with Crippen molar-refractivity contribution < 1.29 is 5.11 Å². The molecule has 1 saturated heterocycles. The first-order chi connectivity index (χ1) is 4.16. The Labute approximate surface area is 56.3 Å². The van der Waals surface area contributed by atoms with E-state index in [-0.39, 0.29) is 12.1 Å². The largest absolute Gasteiger partial charge is 0.394 e. The van der Waals surface area contributed by atoms with Gasteiger partial charge in [-0.2, -0.15) is 0 Å². The molecule has 0 saturated carbocycles. The summed E-state index contributed by atoms with van der Waals surface area (Å²) in [5, 5.41) is 12.2. The Morgan fingerprint density at radius 2 is 2.44 bits per heavy atom. The van der Waals surface area contributed by atoms with Gasteiger partial charge in [0.15, 0.2) is 0 Å². The molecule has 2 N–H and O–H groups in total. The first-order valence-corrected chi connectivity index (χ1v) is 3.52. The van der Waals surface area contributed by atoms with Crippen LogP contribution in [0.1, 0.15) is 20.3 Å². The number of aliphatic hydroxyl groups excluding tert-OH is 1. The first kappa shape index (κ1) is 7.03. The monoisotopic (exact) mass is 129 g/mol. The molecule has 0 amide bonds. The van der Waals surface area contributed by atoms with Crippen LogP contribution < -0.4 is 5.32 Å². The second-order valence-electron chi connectivity index (χ2n) is 3.41. The Balaban J connectivity index is 2.45. The Morgan fingerprint density at radius 3 is 2.67 bits per heavy atom. The predicted octanol–water partition coefficient (Wildman–Crippen LogP) is 0.367. The molecule has 2 heteroatoms. The third-order valence-electron chi connectivity index (χ3n) is 2.03. The Kier molecular flexibility index (Phi) is 1.78. The minimum absolute atomic E-state index is 0.0133. The summed E-state index contributed by atoms with van der Waals surface area (Å²) in [6.07, 6.45) is 1.10. The summed E-state index contributed by atoms with van der Waals surface area (Å²) in [5.74, 6) is 0.724. The number of aliphatic hydroxyl groups is 1. The van der Waals surface area contributed by atoms with Crippen LogP contribution in [0.25, 0.3) is 0 Å². The number of rotatable bonds is 1. The van der Waals surface area contributed by atoms with E-state index in [1.165, 1.54) is 0 Å². The molecule has 0 radical (unpaired) electrons. The predicted molar refractivity (Wildman–Crippen MR) is 37.3 cm³/mol. The highest BCUT2D eigenvalue weighted by atomic mass is 16.3. The second-order valence-corrected chi connectivity index (χ2v) is 3.41. The van der Waals surface area contributed by atoms with Gasteiger partial charge in [0.2, 0.25) is 0 Å². The molecule has 2 nitrogen and oxygen atoms in total. The molecule has 0 aromatic carbocycles. The van der Waals surface area contributed by atoms with E-state index in [1.54, 1.807) is 0 Å². The second kappa shape index (κ2) is 2.27. The fourth-order valence-corrected chi connectivity index (χ4v) is 1.45. The van der Waals surface area contributed by atoms with Crippen LogP contribution in [0.3, 0.4) is 0 Å². The smallest absolute Gasteiger partial charge is 0.0610 e. The highest BCUT2D eigenvalue weighted by Gasteiger charge is 2.31. The molecule has 2 unspecified atom stereocenters. The van der Waals surface area contributed by atoms with E-state index in [4.69, 9.17) is 5.11 Å². The number of hydrogen-bond donors (Lipinski definition) is 2. The molecule has 9 heavy (non-hydrogen) atoms. The van der Waals surface area contributed by atoms with Crippen LogP contribution >= 0.6 is 0 Å². The van der Waals surface area contributed by atoms with Crippen molar-refractivity contribution >= 4 is 0 Å². The van der Waals surface area contributed by atoms with Gasteiger partial charge in [0, 0.05) is 5.54 Å². The lowest BCUT2D eigenvalue weighted by Gasteiger charge is -2.20. The summed E-state index contributed by atoms with van der Waals surface area (Å²) in [6, 6.07) is 0. The van der Waals surface area contributed by atoms with Crippen LogP contribution in [0.4, 0.5) is 0 Å². The average Bonchev–Trinajstić information content (AvgIpc) is 2.13. The third-order valence-corrected chi connectivity index (χ3v) is 2.03. The Morgan fingerprint density at radius 1 is 1.78 bits per heavy atom. The van der Waals surface area contributed by atoms with Crippen LogP contribution in [0.2, 0.25) is 0 Å². The summed E-state index contributed by atoms with van der Waals surface area (Å²) < 4.78 is 0. The molecule has 1 aliphatic heterocycles. The van der Waals surface area contributed by atoms with Crippen molar-refractivity contribution in [1.29, 1.82) is 0 Å². The molecule has 54 valence electrons. The standard InChI is InChI=1S/C7H15NO/c1-6-3-7(2,5-9)8-4-6/h6,8-9H,3-5H2,1-2H3. The van der Waals surface area contributed by atoms with Gasteiger partial charge in [0.1, 0.15) is 0 Å². The lowest BCUT2D eigenvalue weighted by Crippen LogP contribution is -2.39. The zero-order chi connectivity index (χ0) is 6.91. The highest BCUT2D eigenvalue weighted by Crippen LogP contribution is 2.22. The van der Waals surface area contributed by atoms with Gasteiger partial charge in [-0.25, -0.2) is 0 Å². The van der Waals surface area contributed by atoms with Crippen molar-refractivity contribution in [2.24, 2.45) is 5.92 Å². The summed E-state index contributed by atoms with van der Waals surface area (Å²) in [5.41, 5.74) is 0.0133. The molecule has 0 aromatic rings. The van der Waals surface area contributed by atoms with Gasteiger partial charge < -0.3 is 10.4 Å². The SMILES string of the molecule is CC1CNC(C)(CO)C1. The van der Waals surface area contributed by atoms with E-state index in [1.807, 2.05) is 0 Å². The Bertz CT molecular complexity index is 105. The van der Waals surface area contributed by atoms with Crippen molar-refractivity contribution in [2.45, 2.75) is 25.8 Å². The van der Waals surface area contributed by atoms with Crippen molar-refractivity contribution in [2.75, 3.05) is 13.2 Å². The van der Waals surface area contributed by atoms with E-state index >= 15 is 0 Å². The molecular formula is C7H15NO. The zero-order valence-electron chi connectivity index (χ0n) is 6.15. The van der Waals surface area contributed by atoms with Crippen molar-refractivity contribution in [3.63, 3.8) is 0 Å². The maximum atomic E-state index is 8.88. The van der Waals surface area contributed by atoms with Crippen LogP contribution in [-0.2, 0) is 0 Å². The molecule has 1 rings (SSSR count). The lowest BCUT2D eigenvalue weighted by molar-refractivity contribution is 0.190. The summed E-state index contributed by atoms with van der Waals surface area (Å²) in [6.45, 7) is 5.58. The number of nitrogens with one attached hydrogen (secondary N) is 1. The fraction of sp³-hybridized carbons (Fsp3) is 1.00. The van der Waals surface area contributed by atoms with Gasteiger partial charge in [0.05, 0.1) is 6.61 Å². The fourth-order valence-electron chi connectivity index (χ4n) is 1.45. The normalized spacial score (nSPS) is 43.7. The highest BCUT2D eigenvalue weighted by molar-refractivity contribution is 4.90. The van der Waals surface area contributed by atoms with E-state index in [0.717, 1.165) is 18.9 Å². The summed E-state index contributed by atoms with van der Waals surface area (Å²) in [7, 11) is 0. The van der Waals surface area contributed by atoms with Crippen molar-refractivity contribution in [1.82, 2.24) is 5.32 Å². The van der Waals surface area contributed by atoms with Crippen LogP contribution in [0.5, 0.6) is 0 Å². The molecule has 0 aliphatic carbocycles. The maximum absolute atomic E-state index is 8.88. The molecule has 1 aliphatic rings. The molecule has 1 heterocycles. The van der Waals surface area contributed by atoms with Gasteiger partial charge >= 0.3 is 0 Å². The quantitative estimate of drug-likeness (QED) is 0.536. The zero-order valence-corrected chi connectivity index (χ0v) is 6.15. The third kappa shape index (κ3) is 1.43. The molecule has 0 aromatic heterocycles. The van der Waals surface area contributed by atoms with Gasteiger partial charge in [-0.3, -0.25) is 0 Å². The van der Waals surface area contributed by atoms with Crippen LogP contribution in [0, 0.1) is 5.92 Å². The first-order valence-electron chi connectivity index (χ1n) is 3.52. The van der Waals surface area contributed by atoms with Crippen molar-refractivity contribution in [3.8, 4) is 0 Å². The number of hydrogen-bond acceptors (Lipinski definition) is 2. The van der Waals surface area contributed by atoms with Gasteiger partial charge in [-0.15, -0.1) is 0 Å². The van der Waals surface area contributed by atoms with Gasteiger partial charge in [0.25, 0.3) is 0 Å². The van der Waals surface area contributed by atoms with Crippen molar-refractivity contribution in [3.05, 3.63) is 0 Å². The topological polar surface area (TPSA) is 32.3 Å². The molecule has 0 spiro atoms.